The summed E-state index contributed by atoms with van der Waals surface area (Å²) in [6.45, 7) is 0. The lowest BCUT2D eigenvalue weighted by molar-refractivity contribution is 1.04. The molecule has 3 N–H and O–H groups in total. The lowest BCUT2D eigenvalue weighted by atomic mass is 9.98. The Morgan fingerprint density at radius 2 is 1.65 bits per heavy atom. The van der Waals surface area contributed by atoms with E-state index in [0.29, 0.717) is 5.84 Å². The summed E-state index contributed by atoms with van der Waals surface area (Å²) < 4.78 is 0. The van der Waals surface area contributed by atoms with Crippen molar-refractivity contribution < 1.29 is 0 Å². The standard InChI is InChI=1S/C20H19N3/c21-19(17-9-5-2-6-10-17)23-20(22)18-13-11-16(12-14-18)15-7-3-1-4-8-15/h2-3,5-14H,1,4H2,(H3,21,22,23). The lowest BCUT2D eigenvalue weighted by Crippen LogP contribution is -2.15. The van der Waals surface area contributed by atoms with Crippen LogP contribution in [0.5, 0.6) is 0 Å². The van der Waals surface area contributed by atoms with Crippen LogP contribution in [0.2, 0.25) is 0 Å². The SMILES string of the molecule is N=C(N=C(N)c1ccc(C2=CCCC=C2)cc1)c1ccccc1. The zero-order valence-corrected chi connectivity index (χ0v) is 12.9. The molecule has 3 heteroatoms. The molecule has 0 saturated heterocycles. The number of benzene rings is 2. The van der Waals surface area contributed by atoms with Gasteiger partial charge in [0.25, 0.3) is 0 Å². The van der Waals surface area contributed by atoms with E-state index in [9.17, 15) is 0 Å². The molecule has 0 atom stereocenters. The maximum absolute atomic E-state index is 8.03. The fourth-order valence-corrected chi connectivity index (χ4v) is 2.51. The Bertz CT molecular complexity index is 781. The van der Waals surface area contributed by atoms with Gasteiger partial charge in [0.15, 0.2) is 5.84 Å². The Morgan fingerprint density at radius 1 is 0.913 bits per heavy atom. The summed E-state index contributed by atoms with van der Waals surface area (Å²) in [5.41, 5.74) is 10.0. The van der Waals surface area contributed by atoms with Crippen LogP contribution in [-0.4, -0.2) is 11.7 Å². The first-order chi connectivity index (χ1) is 11.2. The summed E-state index contributed by atoms with van der Waals surface area (Å²) in [7, 11) is 0. The van der Waals surface area contributed by atoms with E-state index in [4.69, 9.17) is 11.1 Å². The number of nitrogens with zero attached hydrogens (tertiary/aromatic N) is 1. The van der Waals surface area contributed by atoms with Gasteiger partial charge >= 0.3 is 0 Å². The Morgan fingerprint density at radius 3 is 2.30 bits per heavy atom. The summed E-state index contributed by atoms with van der Waals surface area (Å²) in [6, 6.07) is 17.4. The highest BCUT2D eigenvalue weighted by molar-refractivity contribution is 6.09. The highest BCUT2D eigenvalue weighted by Gasteiger charge is 2.05. The topological polar surface area (TPSA) is 62.2 Å². The molecular weight excluding hydrogens is 282 g/mol. The van der Waals surface area contributed by atoms with Gasteiger partial charge in [0.1, 0.15) is 5.84 Å². The monoisotopic (exact) mass is 301 g/mol. The first-order valence-corrected chi connectivity index (χ1v) is 7.70. The predicted molar refractivity (Wildman–Crippen MR) is 96.8 cm³/mol. The van der Waals surface area contributed by atoms with E-state index in [0.717, 1.165) is 24.0 Å². The Labute approximate surface area is 136 Å². The van der Waals surface area contributed by atoms with Crippen molar-refractivity contribution in [2.75, 3.05) is 0 Å². The fourth-order valence-electron chi connectivity index (χ4n) is 2.51. The van der Waals surface area contributed by atoms with Crippen LogP contribution in [0.3, 0.4) is 0 Å². The third-order valence-electron chi connectivity index (χ3n) is 3.79. The van der Waals surface area contributed by atoms with Crippen molar-refractivity contribution >= 4 is 17.2 Å². The quantitative estimate of drug-likeness (QED) is 0.649. The van der Waals surface area contributed by atoms with E-state index in [-0.39, 0.29) is 5.84 Å². The van der Waals surface area contributed by atoms with Crippen LogP contribution in [0.1, 0.15) is 29.5 Å². The first-order valence-electron chi connectivity index (χ1n) is 7.70. The molecule has 0 radical (unpaired) electrons. The number of nitrogens with two attached hydrogens (primary N) is 1. The number of rotatable bonds is 3. The minimum absolute atomic E-state index is 0.171. The van der Waals surface area contributed by atoms with Gasteiger partial charge in [0, 0.05) is 11.1 Å². The van der Waals surface area contributed by atoms with Crippen LogP contribution in [-0.2, 0) is 0 Å². The molecule has 2 aromatic carbocycles. The van der Waals surface area contributed by atoms with Gasteiger partial charge < -0.3 is 5.73 Å². The molecule has 0 fully saturated rings. The zero-order valence-electron chi connectivity index (χ0n) is 12.9. The van der Waals surface area contributed by atoms with Crippen LogP contribution in [0.15, 0.2) is 77.8 Å². The molecule has 0 bridgehead atoms. The Hall–Kier alpha value is -2.94. The van der Waals surface area contributed by atoms with E-state index < -0.39 is 0 Å². The van der Waals surface area contributed by atoms with Crippen LogP contribution in [0, 0.1) is 5.41 Å². The minimum Gasteiger partial charge on any atom is -0.383 e. The third kappa shape index (κ3) is 3.64. The Kier molecular flexibility index (Phi) is 4.48. The molecule has 0 heterocycles. The van der Waals surface area contributed by atoms with Crippen molar-refractivity contribution in [1.29, 1.82) is 5.41 Å². The van der Waals surface area contributed by atoms with Crippen molar-refractivity contribution in [3.05, 3.63) is 89.5 Å². The van der Waals surface area contributed by atoms with Gasteiger partial charge in [-0.05, 0) is 24.0 Å². The first kappa shape index (κ1) is 15.0. The second-order valence-electron chi connectivity index (χ2n) is 5.43. The van der Waals surface area contributed by atoms with Gasteiger partial charge in [-0.1, -0.05) is 72.8 Å². The predicted octanol–water partition coefficient (Wildman–Crippen LogP) is 4.15. The zero-order chi connectivity index (χ0) is 16.1. The maximum Gasteiger partial charge on any atom is 0.154 e. The van der Waals surface area contributed by atoms with Crippen LogP contribution < -0.4 is 5.73 Å². The van der Waals surface area contributed by atoms with Gasteiger partial charge in [-0.25, -0.2) is 4.99 Å². The van der Waals surface area contributed by atoms with Gasteiger partial charge in [-0.3, -0.25) is 5.41 Å². The van der Waals surface area contributed by atoms with E-state index in [1.165, 1.54) is 11.1 Å². The molecule has 3 rings (SSSR count). The second kappa shape index (κ2) is 6.88. The summed E-state index contributed by atoms with van der Waals surface area (Å²) in [6.07, 6.45) is 8.80. The smallest absolute Gasteiger partial charge is 0.154 e. The molecule has 0 aromatic heterocycles. The molecular formula is C20H19N3. The second-order valence-corrected chi connectivity index (χ2v) is 5.43. The summed E-state index contributed by atoms with van der Waals surface area (Å²) in [5.74, 6) is 0.531. The normalized spacial score (nSPS) is 14.4. The van der Waals surface area contributed by atoms with Crippen molar-refractivity contribution in [2.45, 2.75) is 12.8 Å². The summed E-state index contributed by atoms with van der Waals surface area (Å²) in [4.78, 5) is 4.21. The molecule has 3 nitrogen and oxygen atoms in total. The number of hydrogen-bond donors (Lipinski definition) is 2. The number of nitrogens with one attached hydrogen (secondary N) is 1. The van der Waals surface area contributed by atoms with Crippen LogP contribution in [0.25, 0.3) is 5.57 Å². The molecule has 1 aliphatic carbocycles. The van der Waals surface area contributed by atoms with Crippen LogP contribution >= 0.6 is 0 Å². The summed E-state index contributed by atoms with van der Waals surface area (Å²) >= 11 is 0. The largest absolute Gasteiger partial charge is 0.383 e. The molecule has 0 unspecified atom stereocenters. The maximum atomic E-state index is 8.03. The van der Waals surface area contributed by atoms with Crippen molar-refractivity contribution in [2.24, 2.45) is 10.7 Å². The Balaban J connectivity index is 1.79. The lowest BCUT2D eigenvalue weighted by Gasteiger charge is -2.08. The number of amidine groups is 2. The average Bonchev–Trinajstić information content (AvgIpc) is 2.63. The van der Waals surface area contributed by atoms with E-state index >= 15 is 0 Å². The number of hydrogen-bond acceptors (Lipinski definition) is 1. The third-order valence-corrected chi connectivity index (χ3v) is 3.79. The molecule has 0 spiro atoms. The fraction of sp³-hybridized carbons (Fsp3) is 0.100. The molecule has 0 saturated carbocycles. The van der Waals surface area contributed by atoms with E-state index in [1.54, 1.807) is 0 Å². The average molecular weight is 301 g/mol. The van der Waals surface area contributed by atoms with E-state index in [1.807, 2.05) is 54.6 Å². The number of aliphatic imine (C=N–C) groups is 1. The molecule has 23 heavy (non-hydrogen) atoms. The van der Waals surface area contributed by atoms with Crippen molar-refractivity contribution in [1.82, 2.24) is 0 Å². The molecule has 2 aromatic rings. The minimum atomic E-state index is 0.171. The molecule has 1 aliphatic rings. The van der Waals surface area contributed by atoms with Gasteiger partial charge in [0.05, 0.1) is 0 Å². The number of allylic oxidation sites excluding steroid dienone is 4. The van der Waals surface area contributed by atoms with Crippen molar-refractivity contribution in [3.63, 3.8) is 0 Å². The molecule has 0 amide bonds. The molecule has 114 valence electrons. The highest BCUT2D eigenvalue weighted by Crippen LogP contribution is 2.21. The highest BCUT2D eigenvalue weighted by atomic mass is 14.9. The summed E-state index contributed by atoms with van der Waals surface area (Å²) in [5, 5.41) is 8.03. The molecule has 0 aliphatic heterocycles. The van der Waals surface area contributed by atoms with Gasteiger partial charge in [0.2, 0.25) is 0 Å². The van der Waals surface area contributed by atoms with Gasteiger partial charge in [-0.2, -0.15) is 0 Å². The van der Waals surface area contributed by atoms with Gasteiger partial charge in [-0.15, -0.1) is 0 Å². The van der Waals surface area contributed by atoms with Crippen LogP contribution in [0.4, 0.5) is 0 Å². The van der Waals surface area contributed by atoms with E-state index in [2.05, 4.69) is 23.2 Å². The van der Waals surface area contributed by atoms with Crippen molar-refractivity contribution in [3.8, 4) is 0 Å².